The highest BCUT2D eigenvalue weighted by atomic mass is 15.3. The number of rotatable bonds is 14. The van der Waals surface area contributed by atoms with Crippen LogP contribution in [0.2, 0.25) is 0 Å². The molecule has 0 saturated carbocycles. The molecule has 4 heteroatoms. The number of nitrogens with zero attached hydrogens (tertiary/aromatic N) is 4. The van der Waals surface area contributed by atoms with Gasteiger partial charge in [-0.1, -0.05) is 182 Å². The van der Waals surface area contributed by atoms with Gasteiger partial charge in [-0.3, -0.25) is 9.97 Å². The van der Waals surface area contributed by atoms with Crippen molar-refractivity contribution in [1.29, 1.82) is 0 Å². The van der Waals surface area contributed by atoms with Gasteiger partial charge in [-0.15, -0.1) is 0 Å². The summed E-state index contributed by atoms with van der Waals surface area (Å²) in [5.74, 6) is 0. The zero-order chi connectivity index (χ0) is 46.2. The van der Waals surface area contributed by atoms with Gasteiger partial charge in [0.2, 0.25) is 0 Å². The zero-order valence-corrected chi connectivity index (χ0v) is 38.4. The lowest BCUT2D eigenvalue weighted by atomic mass is 9.86. The van der Waals surface area contributed by atoms with Gasteiger partial charge in [0.25, 0.3) is 0 Å². The van der Waals surface area contributed by atoms with Gasteiger partial charge in [0, 0.05) is 35.9 Å². The van der Waals surface area contributed by atoms with Gasteiger partial charge in [-0.25, -0.2) is 4.68 Å². The van der Waals surface area contributed by atoms with E-state index < -0.39 is 0 Å². The Morgan fingerprint density at radius 1 is 0.275 bits per heavy atom. The first-order valence-corrected chi connectivity index (χ1v) is 23.8. The van der Waals surface area contributed by atoms with E-state index in [1.807, 2.05) is 47.7 Å². The molecular weight excluding hydrogens is 837 g/mol. The summed E-state index contributed by atoms with van der Waals surface area (Å²) in [5.41, 5.74) is 22.3. The minimum Gasteiger partial charge on any atom is -0.256 e. The van der Waals surface area contributed by atoms with Crippen LogP contribution in [0.3, 0.4) is 0 Å². The lowest BCUT2D eigenvalue weighted by molar-refractivity contribution is 0.876. The first-order chi connectivity index (χ1) is 34.2. The average Bonchev–Trinajstić information content (AvgIpc) is 3.99. The van der Waals surface area contributed by atoms with Crippen molar-refractivity contribution in [2.24, 2.45) is 0 Å². The number of pyridine rings is 2. The normalized spacial score (nSPS) is 11.1. The molecule has 3 heterocycles. The van der Waals surface area contributed by atoms with Gasteiger partial charge in [0.05, 0.1) is 17.1 Å². The molecule has 4 nitrogen and oxygen atoms in total. The van der Waals surface area contributed by atoms with Crippen LogP contribution in [0.15, 0.2) is 255 Å². The highest BCUT2D eigenvalue weighted by Crippen LogP contribution is 2.41. The van der Waals surface area contributed by atoms with Crippen molar-refractivity contribution in [3.05, 3.63) is 278 Å². The van der Waals surface area contributed by atoms with E-state index in [0.717, 1.165) is 70.6 Å². The Bertz CT molecular complexity index is 3440. The first kappa shape index (κ1) is 42.9. The Morgan fingerprint density at radius 2 is 0.826 bits per heavy atom. The van der Waals surface area contributed by atoms with Gasteiger partial charge < -0.3 is 0 Å². The van der Waals surface area contributed by atoms with E-state index in [1.54, 1.807) is 0 Å². The molecule has 8 aromatic carbocycles. The summed E-state index contributed by atoms with van der Waals surface area (Å²) in [6.45, 7) is 0. The van der Waals surface area contributed by atoms with Crippen molar-refractivity contribution in [3.8, 4) is 83.8 Å². The van der Waals surface area contributed by atoms with E-state index in [4.69, 9.17) is 4.98 Å². The van der Waals surface area contributed by atoms with Crippen molar-refractivity contribution in [2.45, 2.75) is 25.7 Å². The molecule has 0 N–H and O–H groups in total. The average molecular weight is 887 g/mol. The topological polar surface area (TPSA) is 43.6 Å². The fraction of sp³-hybridized carbons (Fsp3) is 0.0615. The van der Waals surface area contributed by atoms with Gasteiger partial charge in [0.1, 0.15) is 0 Å². The second-order valence-corrected chi connectivity index (χ2v) is 17.6. The van der Waals surface area contributed by atoms with Crippen LogP contribution in [0, 0.1) is 0 Å². The monoisotopic (exact) mass is 886 g/mol. The second kappa shape index (κ2) is 20.0. The largest absolute Gasteiger partial charge is 0.256 e. The molecule has 0 aliphatic rings. The van der Waals surface area contributed by atoms with Gasteiger partial charge in [0.15, 0.2) is 0 Å². The van der Waals surface area contributed by atoms with E-state index in [2.05, 4.69) is 222 Å². The predicted molar refractivity (Wildman–Crippen MR) is 285 cm³/mol. The van der Waals surface area contributed by atoms with Crippen LogP contribution in [-0.2, 0) is 25.7 Å². The van der Waals surface area contributed by atoms with Crippen LogP contribution >= 0.6 is 0 Å². The molecule has 0 saturated heterocycles. The molecule has 0 unspecified atom stereocenters. The third-order valence-corrected chi connectivity index (χ3v) is 13.1. The zero-order valence-electron chi connectivity index (χ0n) is 38.4. The SMILES string of the molecule is c1ccc(-c2ccc(-c3cc(-c4cc(-c5ccccc5)ccn4)ccc3-c3ccccc3-c3cc(CCc4ccc(-c5ccccn5)cc4)cc(CCc4ccc(-n5cccn5)cc4)c3)cc2)cc1. The van der Waals surface area contributed by atoms with Gasteiger partial charge >= 0.3 is 0 Å². The highest BCUT2D eigenvalue weighted by Gasteiger charge is 2.17. The Hall–Kier alpha value is -8.73. The van der Waals surface area contributed by atoms with E-state index in [1.165, 1.54) is 61.2 Å². The molecular formula is C65H50N4. The third kappa shape index (κ3) is 9.88. The van der Waals surface area contributed by atoms with Crippen molar-refractivity contribution < 1.29 is 0 Å². The maximum Gasteiger partial charge on any atom is 0.0708 e. The number of aromatic nitrogens is 4. The molecule has 330 valence electrons. The number of benzene rings is 8. The summed E-state index contributed by atoms with van der Waals surface area (Å²) in [6, 6.07) is 83.2. The van der Waals surface area contributed by atoms with Crippen LogP contribution in [0.1, 0.15) is 22.3 Å². The lowest BCUT2D eigenvalue weighted by Gasteiger charge is -2.18. The Labute approximate surface area is 405 Å². The Morgan fingerprint density at radius 3 is 1.49 bits per heavy atom. The van der Waals surface area contributed by atoms with Gasteiger partial charge in [-0.05, 0) is 152 Å². The van der Waals surface area contributed by atoms with E-state index >= 15 is 0 Å². The molecule has 0 amide bonds. The van der Waals surface area contributed by atoms with Crippen LogP contribution < -0.4 is 0 Å². The summed E-state index contributed by atoms with van der Waals surface area (Å²) in [6.07, 6.45) is 11.3. The smallest absolute Gasteiger partial charge is 0.0708 e. The number of hydrogen-bond acceptors (Lipinski definition) is 3. The molecule has 0 radical (unpaired) electrons. The molecule has 0 aliphatic carbocycles. The van der Waals surface area contributed by atoms with Crippen molar-refractivity contribution in [3.63, 3.8) is 0 Å². The number of aryl methyl sites for hydroxylation is 4. The molecule has 0 bridgehead atoms. The molecule has 69 heavy (non-hydrogen) atoms. The van der Waals surface area contributed by atoms with E-state index in [-0.39, 0.29) is 0 Å². The Kier molecular flexibility index (Phi) is 12.4. The molecule has 0 fully saturated rings. The van der Waals surface area contributed by atoms with Crippen molar-refractivity contribution >= 4 is 0 Å². The van der Waals surface area contributed by atoms with Gasteiger partial charge in [-0.2, -0.15) is 5.10 Å². The van der Waals surface area contributed by atoms with Crippen LogP contribution in [0.25, 0.3) is 83.8 Å². The maximum absolute atomic E-state index is 4.92. The summed E-state index contributed by atoms with van der Waals surface area (Å²) in [7, 11) is 0. The third-order valence-electron chi connectivity index (χ3n) is 13.1. The first-order valence-electron chi connectivity index (χ1n) is 23.8. The standard InChI is InChI=1S/C65H50N4/c1-3-12-51(13-4-1)53-29-31-54(32-30-53)63-45-57(65-46-56(37-40-67-65)52-14-5-2-6-15-52)33-36-62(63)61-17-8-7-16-60(61)58-43-49(21-19-47-23-27-55(28-24-47)64-18-9-10-38-66-64)42-50(44-58)22-20-48-25-34-59(35-26-48)69-41-11-39-68-69/h1-18,23-46H,19-22H2. The second-order valence-electron chi connectivity index (χ2n) is 17.6. The molecule has 11 rings (SSSR count). The van der Waals surface area contributed by atoms with E-state index in [9.17, 15) is 0 Å². The predicted octanol–water partition coefficient (Wildman–Crippen LogP) is 15.9. The minimum absolute atomic E-state index is 0.922. The summed E-state index contributed by atoms with van der Waals surface area (Å²) < 4.78 is 1.90. The van der Waals surface area contributed by atoms with Crippen molar-refractivity contribution in [1.82, 2.24) is 19.7 Å². The summed E-state index contributed by atoms with van der Waals surface area (Å²) in [4.78, 5) is 9.48. The quantitative estimate of drug-likeness (QED) is 0.109. The fourth-order valence-electron chi connectivity index (χ4n) is 9.42. The molecule has 0 spiro atoms. The number of hydrogen-bond donors (Lipinski definition) is 0. The maximum atomic E-state index is 4.92. The summed E-state index contributed by atoms with van der Waals surface area (Å²) >= 11 is 0. The van der Waals surface area contributed by atoms with E-state index in [0.29, 0.717) is 0 Å². The fourth-order valence-corrected chi connectivity index (χ4v) is 9.42. The lowest BCUT2D eigenvalue weighted by Crippen LogP contribution is -1.99. The Balaban J connectivity index is 0.971. The van der Waals surface area contributed by atoms with Crippen molar-refractivity contribution in [2.75, 3.05) is 0 Å². The molecule has 3 aromatic heterocycles. The van der Waals surface area contributed by atoms with Crippen LogP contribution in [-0.4, -0.2) is 19.7 Å². The van der Waals surface area contributed by atoms with Crippen LogP contribution in [0.5, 0.6) is 0 Å². The molecule has 0 aliphatic heterocycles. The highest BCUT2D eigenvalue weighted by molar-refractivity contribution is 5.94. The molecule has 0 atom stereocenters. The summed E-state index contributed by atoms with van der Waals surface area (Å²) in [5, 5.41) is 4.42. The molecule has 11 aromatic rings. The minimum atomic E-state index is 0.922. The van der Waals surface area contributed by atoms with Crippen LogP contribution in [0.4, 0.5) is 0 Å².